The highest BCUT2D eigenvalue weighted by molar-refractivity contribution is 7.89. The standard InChI is InChI=1S/C12H20N2O3S/c1-3-10-4-5-11(13)8-12(10)18(16,17)14-9(2)6-7-15/h4-5,8-9,14-15H,3,6-7,13H2,1-2H3. The summed E-state index contributed by atoms with van der Waals surface area (Å²) in [6, 6.07) is 4.56. The molecule has 5 nitrogen and oxygen atoms in total. The van der Waals surface area contributed by atoms with Crippen LogP contribution in [-0.4, -0.2) is 26.2 Å². The van der Waals surface area contributed by atoms with Crippen molar-refractivity contribution in [2.45, 2.75) is 37.6 Å². The molecule has 0 amide bonds. The Morgan fingerprint density at radius 1 is 1.44 bits per heavy atom. The summed E-state index contributed by atoms with van der Waals surface area (Å²) in [4.78, 5) is 0.217. The van der Waals surface area contributed by atoms with Gasteiger partial charge in [0.1, 0.15) is 0 Å². The van der Waals surface area contributed by atoms with Crippen molar-refractivity contribution in [1.82, 2.24) is 4.72 Å². The summed E-state index contributed by atoms with van der Waals surface area (Å²) in [6.07, 6.45) is 0.994. The third-order valence-electron chi connectivity index (χ3n) is 2.68. The molecule has 102 valence electrons. The molecule has 6 heteroatoms. The third-order valence-corrected chi connectivity index (χ3v) is 4.35. The van der Waals surface area contributed by atoms with E-state index in [1.54, 1.807) is 19.1 Å². The Morgan fingerprint density at radius 3 is 2.67 bits per heavy atom. The molecule has 0 heterocycles. The number of nitrogen functional groups attached to an aromatic ring is 1. The predicted molar refractivity (Wildman–Crippen MR) is 71.7 cm³/mol. The summed E-state index contributed by atoms with van der Waals surface area (Å²) < 4.78 is 26.9. The highest BCUT2D eigenvalue weighted by atomic mass is 32.2. The van der Waals surface area contributed by atoms with E-state index in [2.05, 4.69) is 4.72 Å². The van der Waals surface area contributed by atoms with Gasteiger partial charge in [-0.25, -0.2) is 13.1 Å². The number of aliphatic hydroxyl groups excluding tert-OH is 1. The zero-order chi connectivity index (χ0) is 13.8. The molecule has 0 aliphatic carbocycles. The molecule has 4 N–H and O–H groups in total. The van der Waals surface area contributed by atoms with Crippen LogP contribution < -0.4 is 10.5 Å². The molecule has 1 unspecified atom stereocenters. The summed E-state index contributed by atoms with van der Waals surface area (Å²) in [5, 5.41) is 8.79. The number of benzene rings is 1. The molecule has 0 spiro atoms. The Balaban J connectivity index is 3.07. The van der Waals surface area contributed by atoms with Crippen molar-refractivity contribution in [3.05, 3.63) is 23.8 Å². The molecule has 0 saturated carbocycles. The van der Waals surface area contributed by atoms with Gasteiger partial charge in [0.25, 0.3) is 0 Å². The van der Waals surface area contributed by atoms with E-state index in [9.17, 15) is 8.42 Å². The van der Waals surface area contributed by atoms with Crippen molar-refractivity contribution in [3.8, 4) is 0 Å². The van der Waals surface area contributed by atoms with Crippen LogP contribution in [0.15, 0.2) is 23.1 Å². The number of aryl methyl sites for hydroxylation is 1. The number of anilines is 1. The van der Waals surface area contributed by atoms with Crippen molar-refractivity contribution in [3.63, 3.8) is 0 Å². The lowest BCUT2D eigenvalue weighted by Gasteiger charge is -2.15. The van der Waals surface area contributed by atoms with Gasteiger partial charge in [0, 0.05) is 18.3 Å². The quantitative estimate of drug-likeness (QED) is 0.670. The molecule has 0 fully saturated rings. The third kappa shape index (κ3) is 3.69. The highest BCUT2D eigenvalue weighted by Crippen LogP contribution is 2.20. The minimum atomic E-state index is -3.59. The second-order valence-corrected chi connectivity index (χ2v) is 5.94. The fourth-order valence-corrected chi connectivity index (χ4v) is 3.32. The highest BCUT2D eigenvalue weighted by Gasteiger charge is 2.20. The van der Waals surface area contributed by atoms with Crippen molar-refractivity contribution in [2.75, 3.05) is 12.3 Å². The average molecular weight is 272 g/mol. The number of hydrogen-bond donors (Lipinski definition) is 3. The first kappa shape index (κ1) is 14.9. The molecular formula is C12H20N2O3S. The van der Waals surface area contributed by atoms with Gasteiger partial charge in [0.05, 0.1) is 4.90 Å². The van der Waals surface area contributed by atoms with Gasteiger partial charge in [0.15, 0.2) is 0 Å². The Kier molecular flexibility index (Phi) is 5.13. The zero-order valence-electron chi connectivity index (χ0n) is 10.7. The molecule has 1 aromatic carbocycles. The lowest BCUT2D eigenvalue weighted by atomic mass is 10.1. The van der Waals surface area contributed by atoms with Gasteiger partial charge in [-0.1, -0.05) is 13.0 Å². The molecule has 1 rings (SSSR count). The van der Waals surface area contributed by atoms with Gasteiger partial charge in [-0.3, -0.25) is 0 Å². The Hall–Kier alpha value is -1.11. The first-order chi connectivity index (χ1) is 8.40. The Bertz CT molecular complexity index is 500. The van der Waals surface area contributed by atoms with E-state index < -0.39 is 10.0 Å². The molecule has 1 atom stereocenters. The monoisotopic (exact) mass is 272 g/mol. The topological polar surface area (TPSA) is 92.4 Å². The number of sulfonamides is 1. The van der Waals surface area contributed by atoms with E-state index in [-0.39, 0.29) is 17.5 Å². The molecule has 0 aliphatic rings. The SMILES string of the molecule is CCc1ccc(N)cc1S(=O)(=O)NC(C)CCO. The van der Waals surface area contributed by atoms with E-state index >= 15 is 0 Å². The summed E-state index contributed by atoms with van der Waals surface area (Å²) in [7, 11) is -3.59. The first-order valence-corrected chi connectivity index (χ1v) is 7.40. The smallest absolute Gasteiger partial charge is 0.241 e. The van der Waals surface area contributed by atoms with Gasteiger partial charge in [-0.15, -0.1) is 0 Å². The van der Waals surface area contributed by atoms with E-state index in [4.69, 9.17) is 10.8 Å². The Morgan fingerprint density at radius 2 is 2.11 bits per heavy atom. The molecular weight excluding hydrogens is 252 g/mol. The van der Waals surface area contributed by atoms with Crippen molar-refractivity contribution in [1.29, 1.82) is 0 Å². The van der Waals surface area contributed by atoms with Crippen LogP contribution in [0, 0.1) is 0 Å². The normalized spacial score (nSPS) is 13.5. The molecule has 18 heavy (non-hydrogen) atoms. The molecule has 0 aliphatic heterocycles. The van der Waals surface area contributed by atoms with Gasteiger partial charge in [0.2, 0.25) is 10.0 Å². The van der Waals surface area contributed by atoms with Crippen molar-refractivity contribution < 1.29 is 13.5 Å². The fraction of sp³-hybridized carbons (Fsp3) is 0.500. The van der Waals surface area contributed by atoms with Gasteiger partial charge < -0.3 is 10.8 Å². The second kappa shape index (κ2) is 6.17. The maximum absolute atomic E-state index is 12.2. The first-order valence-electron chi connectivity index (χ1n) is 5.92. The van der Waals surface area contributed by atoms with E-state index in [1.807, 2.05) is 6.92 Å². The van der Waals surface area contributed by atoms with Crippen molar-refractivity contribution in [2.24, 2.45) is 0 Å². The second-order valence-electron chi connectivity index (χ2n) is 4.26. The van der Waals surface area contributed by atoms with Crippen LogP contribution in [0.5, 0.6) is 0 Å². The summed E-state index contributed by atoms with van der Waals surface area (Å²) in [6.45, 7) is 3.55. The number of hydrogen-bond acceptors (Lipinski definition) is 4. The maximum Gasteiger partial charge on any atom is 0.241 e. The number of aliphatic hydroxyl groups is 1. The van der Waals surface area contributed by atoms with Crippen LogP contribution in [-0.2, 0) is 16.4 Å². The fourth-order valence-electron chi connectivity index (χ4n) is 1.69. The predicted octanol–water partition coefficient (Wildman–Crippen LogP) is 0.880. The molecule has 1 aromatic rings. The molecule has 0 aromatic heterocycles. The number of rotatable bonds is 6. The van der Waals surface area contributed by atoms with E-state index in [0.29, 0.717) is 18.5 Å². The summed E-state index contributed by atoms with van der Waals surface area (Å²) >= 11 is 0. The minimum Gasteiger partial charge on any atom is -0.399 e. The van der Waals surface area contributed by atoms with Gasteiger partial charge >= 0.3 is 0 Å². The van der Waals surface area contributed by atoms with E-state index in [1.165, 1.54) is 6.07 Å². The van der Waals surface area contributed by atoms with Crippen LogP contribution >= 0.6 is 0 Å². The van der Waals surface area contributed by atoms with Crippen LogP contribution in [0.1, 0.15) is 25.8 Å². The van der Waals surface area contributed by atoms with Crippen LogP contribution in [0.2, 0.25) is 0 Å². The maximum atomic E-state index is 12.2. The Labute approximate surface area is 108 Å². The van der Waals surface area contributed by atoms with Gasteiger partial charge in [-0.2, -0.15) is 0 Å². The molecule has 0 bridgehead atoms. The summed E-state index contributed by atoms with van der Waals surface area (Å²) in [5.41, 5.74) is 6.78. The van der Waals surface area contributed by atoms with Gasteiger partial charge in [-0.05, 0) is 37.5 Å². The van der Waals surface area contributed by atoms with Crippen molar-refractivity contribution >= 4 is 15.7 Å². The zero-order valence-corrected chi connectivity index (χ0v) is 11.5. The van der Waals surface area contributed by atoms with Crippen LogP contribution in [0.25, 0.3) is 0 Å². The summed E-state index contributed by atoms with van der Waals surface area (Å²) in [5.74, 6) is 0. The van der Waals surface area contributed by atoms with E-state index in [0.717, 1.165) is 5.56 Å². The minimum absolute atomic E-state index is 0.0543. The molecule has 0 saturated heterocycles. The lowest BCUT2D eigenvalue weighted by Crippen LogP contribution is -2.33. The number of nitrogens with two attached hydrogens (primary N) is 1. The van der Waals surface area contributed by atoms with Crippen LogP contribution in [0.3, 0.4) is 0 Å². The molecule has 0 radical (unpaired) electrons. The average Bonchev–Trinajstić information content (AvgIpc) is 2.28. The largest absolute Gasteiger partial charge is 0.399 e. The number of nitrogens with one attached hydrogen (secondary N) is 1. The lowest BCUT2D eigenvalue weighted by molar-refractivity contribution is 0.275. The van der Waals surface area contributed by atoms with Crippen LogP contribution in [0.4, 0.5) is 5.69 Å².